The fraction of sp³-hybridized carbons (Fsp3) is 0.542. The molecule has 7 atom stereocenters. The molecule has 0 radical (unpaired) electrons. The van der Waals surface area contributed by atoms with Crippen LogP contribution in [0.25, 0.3) is 0 Å². The topological polar surface area (TPSA) is 344 Å². The van der Waals surface area contributed by atoms with Gasteiger partial charge < -0.3 is 63.2 Å². The van der Waals surface area contributed by atoms with E-state index in [0.717, 1.165) is 0 Å². The Balaban J connectivity index is 1.00. The van der Waals surface area contributed by atoms with Crippen molar-refractivity contribution >= 4 is 108 Å². The van der Waals surface area contributed by atoms with E-state index in [1.165, 1.54) is 69.9 Å². The number of rotatable bonds is 28. The Bertz CT molecular complexity index is 2860. The average molecular weight is 1230 g/mol. The third kappa shape index (κ3) is 16.1. The van der Waals surface area contributed by atoms with Crippen molar-refractivity contribution in [2.24, 2.45) is 0 Å². The molecule has 0 saturated carbocycles. The van der Waals surface area contributed by atoms with E-state index >= 15 is 4.57 Å². The molecule has 2 aromatic carbocycles. The van der Waals surface area contributed by atoms with Crippen molar-refractivity contribution < 1.29 is 91.4 Å². The summed E-state index contributed by atoms with van der Waals surface area (Å²) < 4.78 is 121. The number of hydrogen-bond donors (Lipinski definition) is 3. The molecule has 80 heavy (non-hydrogen) atoms. The first-order valence-corrected chi connectivity index (χ1v) is 33.3. The number of nitrogens with one attached hydrogen (secondary N) is 3. The molecule has 440 valence electrons. The van der Waals surface area contributed by atoms with E-state index in [1.807, 2.05) is 13.8 Å². The van der Waals surface area contributed by atoms with Crippen molar-refractivity contribution in [3.8, 4) is 23.0 Å². The second-order valence-corrected chi connectivity index (χ2v) is 29.8. The zero-order valence-electron chi connectivity index (χ0n) is 44.0. The number of anilines is 2. The van der Waals surface area contributed by atoms with Gasteiger partial charge in [-0.2, -0.15) is 0 Å². The van der Waals surface area contributed by atoms with Crippen LogP contribution in [0.5, 0.6) is 23.0 Å². The van der Waals surface area contributed by atoms with Gasteiger partial charge in [0.2, 0.25) is 5.91 Å². The summed E-state index contributed by atoms with van der Waals surface area (Å²) in [5.41, 5.74) is 2.05. The lowest BCUT2D eigenvalue weighted by molar-refractivity contribution is -0.197. The molecular weight excluding hydrogens is 1170 g/mol. The zero-order valence-corrected chi connectivity index (χ0v) is 49.0. The summed E-state index contributed by atoms with van der Waals surface area (Å²) in [6.45, 7) is 11.6. The number of amides is 5. The molecule has 0 aliphatic carbocycles. The number of carbonyl (C=O) groups excluding carboxylic acids is 6. The number of carbonyl (C=O) groups is 6. The quantitative estimate of drug-likeness (QED) is 0.0273. The smallest absolute Gasteiger partial charge is 0.334 e. The van der Waals surface area contributed by atoms with Gasteiger partial charge in [0.1, 0.15) is 7.14 Å². The van der Waals surface area contributed by atoms with Gasteiger partial charge in [-0.3, -0.25) is 32.3 Å². The van der Waals surface area contributed by atoms with E-state index in [4.69, 9.17) is 32.2 Å². The Kier molecular flexibility index (Phi) is 20.9. The Morgan fingerprint density at radius 2 is 1.27 bits per heavy atom. The fourth-order valence-corrected chi connectivity index (χ4v) is 16.4. The predicted octanol–water partition coefficient (Wildman–Crippen LogP) is 3.62. The first kappa shape index (κ1) is 62.4. The molecule has 2 aromatic rings. The SMILES string of the molecule is C=C1C[C@@H]2C(OS(=O)[O-])Nc3cc(OCCP(=O)(CCOc4cc5c(cc4OC)C(=O)N4CC(=C)C[C@H]4C(OS(=O)[O-])N5)CNC(=O)CCC(C)(C)SSCCS(=O)(=O)CCC(=O)ON4C(=O)CCC4=O)c(OC)cc3C(=O)N2C1. The van der Waals surface area contributed by atoms with E-state index in [-0.39, 0.29) is 134 Å². The van der Waals surface area contributed by atoms with Crippen molar-refractivity contribution in [3.63, 3.8) is 0 Å². The van der Waals surface area contributed by atoms with Crippen LogP contribution in [0.4, 0.5) is 11.4 Å². The number of methoxy groups -OCH3 is 2. The number of sulfone groups is 1. The maximum atomic E-state index is 15.0. The summed E-state index contributed by atoms with van der Waals surface area (Å²) >= 11 is -5.92. The Morgan fingerprint density at radius 3 is 1.74 bits per heavy atom. The van der Waals surface area contributed by atoms with Gasteiger partial charge in [-0.05, 0) is 45.2 Å². The summed E-state index contributed by atoms with van der Waals surface area (Å²) in [6, 6.07) is 4.35. The van der Waals surface area contributed by atoms with Gasteiger partial charge in [-0.15, -0.1) is 5.06 Å². The van der Waals surface area contributed by atoms with Gasteiger partial charge in [0.15, 0.2) is 45.3 Å². The molecule has 5 unspecified atom stereocenters. The normalized spacial score (nSPS) is 21.4. The molecule has 5 heterocycles. The number of hydrogen-bond acceptors (Lipinski definition) is 24. The van der Waals surface area contributed by atoms with E-state index < -0.39 is 117 Å². The second-order valence-electron chi connectivity index (χ2n) is 19.8. The van der Waals surface area contributed by atoms with Gasteiger partial charge in [-0.1, -0.05) is 45.9 Å². The summed E-state index contributed by atoms with van der Waals surface area (Å²) in [5.74, 6) is -3.91. The van der Waals surface area contributed by atoms with Crippen molar-refractivity contribution in [1.82, 2.24) is 20.2 Å². The minimum Gasteiger partial charge on any atom is -0.750 e. The van der Waals surface area contributed by atoms with Crippen LogP contribution in [-0.2, 0) is 69.5 Å². The van der Waals surface area contributed by atoms with E-state index in [2.05, 4.69) is 29.1 Å². The van der Waals surface area contributed by atoms with Gasteiger partial charge in [0.05, 0.1) is 109 Å². The van der Waals surface area contributed by atoms with E-state index in [0.29, 0.717) is 22.6 Å². The average Bonchev–Trinajstić information content (AvgIpc) is 4.06. The summed E-state index contributed by atoms with van der Waals surface area (Å²) in [6.07, 6.45) is -2.84. The van der Waals surface area contributed by atoms with Crippen LogP contribution < -0.4 is 34.9 Å². The molecule has 5 amide bonds. The first-order valence-electron chi connectivity index (χ1n) is 24.9. The molecule has 3 N–H and O–H groups in total. The monoisotopic (exact) mass is 1230 g/mol. The Morgan fingerprint density at radius 1 is 0.787 bits per heavy atom. The van der Waals surface area contributed by atoms with Gasteiger partial charge in [0, 0.05) is 67.3 Å². The predicted molar refractivity (Wildman–Crippen MR) is 293 cm³/mol. The van der Waals surface area contributed by atoms with Crippen molar-refractivity contribution in [3.05, 3.63) is 59.7 Å². The van der Waals surface area contributed by atoms with Crippen molar-refractivity contribution in [2.75, 3.05) is 87.0 Å². The standard InChI is InChI=1S/C48H63N6O20PS5/c1-28-19-34-44(73-78(62)63)50-32-23-38(36(68-5)21-30(32)46(59)52(34)25-28)70-12-14-75(61,15-13-71-39-24-33-31(22-37(39)69-6)47(60)53-26-29(2)20-35(53)45(51-33)74-79(64)65)27-49-40(55)9-11-48(3,4)77-76-16-18-80(66,67)17-10-43(58)72-54-41(56)7-8-42(54)57/h21-24,34-35,44-45,50-51H,1-2,7-20,25-27H2,3-6H3,(H,49,55)(H,62,63)(H,64,65)/p-2/t34-,35+,44?,45?,75?. The largest absolute Gasteiger partial charge is 0.750 e. The fourth-order valence-electron chi connectivity index (χ4n) is 9.25. The highest BCUT2D eigenvalue weighted by atomic mass is 33.1. The molecule has 26 nitrogen and oxygen atoms in total. The molecule has 32 heteroatoms. The minimum absolute atomic E-state index is 0.0137. The third-order valence-corrected chi connectivity index (χ3v) is 22.2. The summed E-state index contributed by atoms with van der Waals surface area (Å²) in [5, 5.41) is 9.14. The Labute approximate surface area is 475 Å². The van der Waals surface area contributed by atoms with Crippen molar-refractivity contribution in [1.29, 1.82) is 0 Å². The van der Waals surface area contributed by atoms with Crippen LogP contribution in [0.2, 0.25) is 0 Å². The molecule has 0 aromatic heterocycles. The third-order valence-electron chi connectivity index (χ3n) is 13.4. The molecule has 7 rings (SSSR count). The van der Waals surface area contributed by atoms with Crippen molar-refractivity contribution in [2.45, 2.75) is 88.1 Å². The van der Waals surface area contributed by atoms with Gasteiger partial charge >= 0.3 is 5.97 Å². The molecule has 5 aliphatic heterocycles. The van der Waals surface area contributed by atoms with E-state index in [9.17, 15) is 54.7 Å². The van der Waals surface area contributed by atoms with Crippen LogP contribution in [0.3, 0.4) is 0 Å². The number of hydroxylamine groups is 2. The number of nitrogens with zero attached hydrogens (tertiary/aromatic N) is 3. The molecule has 3 fully saturated rings. The lowest BCUT2D eigenvalue weighted by Crippen LogP contribution is -2.45. The van der Waals surface area contributed by atoms with E-state index in [1.54, 1.807) is 0 Å². The number of ether oxygens (including phenoxy) is 4. The zero-order chi connectivity index (χ0) is 58.3. The molecule has 0 spiro atoms. The first-order chi connectivity index (χ1) is 37.8. The maximum Gasteiger partial charge on any atom is 0.334 e. The highest BCUT2D eigenvalue weighted by molar-refractivity contribution is 8.77. The number of imide groups is 1. The maximum absolute atomic E-state index is 15.0. The van der Waals surface area contributed by atoms with Crippen LogP contribution in [0, 0.1) is 0 Å². The number of fused-ring (bicyclic) bond motifs is 4. The van der Waals surface area contributed by atoms with Crippen LogP contribution in [0.15, 0.2) is 48.6 Å². The molecular formula is C48H61N6O20PS5-2. The lowest BCUT2D eigenvalue weighted by Gasteiger charge is -2.28. The Hall–Kier alpha value is -5.24. The molecule has 3 saturated heterocycles. The lowest BCUT2D eigenvalue weighted by atomic mass is 10.1. The number of benzene rings is 2. The highest BCUT2D eigenvalue weighted by Crippen LogP contribution is 2.47. The van der Waals surface area contributed by atoms with Crippen LogP contribution >= 0.6 is 28.7 Å². The second kappa shape index (κ2) is 26.8. The van der Waals surface area contributed by atoms with Gasteiger partial charge in [0.25, 0.3) is 23.6 Å². The highest BCUT2D eigenvalue weighted by Gasteiger charge is 2.44. The summed E-state index contributed by atoms with van der Waals surface area (Å²) in [7, 11) is -1.93. The minimum atomic E-state index is -3.72. The molecule has 0 bridgehead atoms. The van der Waals surface area contributed by atoms with Crippen LogP contribution in [-0.4, -0.2) is 182 Å². The van der Waals surface area contributed by atoms with Gasteiger partial charge in [-0.25, -0.2) is 21.6 Å². The molecule has 5 aliphatic rings. The van der Waals surface area contributed by atoms with Crippen LogP contribution in [0.1, 0.15) is 79.5 Å². The summed E-state index contributed by atoms with van der Waals surface area (Å²) in [4.78, 5) is 84.4.